The van der Waals surface area contributed by atoms with Crippen LogP contribution in [-0.4, -0.2) is 107 Å². The summed E-state index contributed by atoms with van der Waals surface area (Å²) in [4.78, 5) is 37.1. The Balaban J connectivity index is 0.849. The molecule has 314 valence electrons. The molecule has 2 aliphatic heterocycles. The van der Waals surface area contributed by atoms with Crippen LogP contribution in [0.1, 0.15) is 75.1 Å². The van der Waals surface area contributed by atoms with Crippen LogP contribution in [0.2, 0.25) is 0 Å². The maximum absolute atomic E-state index is 14.2. The zero-order valence-corrected chi connectivity index (χ0v) is 34.9. The van der Waals surface area contributed by atoms with E-state index in [4.69, 9.17) is 15.0 Å². The van der Waals surface area contributed by atoms with E-state index >= 15 is 0 Å². The number of nitrogens with zero attached hydrogens (tertiary/aromatic N) is 8. The van der Waals surface area contributed by atoms with Gasteiger partial charge >= 0.3 is 0 Å². The van der Waals surface area contributed by atoms with Crippen molar-refractivity contribution in [1.82, 2.24) is 45.2 Å². The summed E-state index contributed by atoms with van der Waals surface area (Å²) in [5.74, 6) is -0.485. The summed E-state index contributed by atoms with van der Waals surface area (Å²) in [6, 6.07) is 17.5. The molecule has 0 spiro atoms. The molecule has 2 aromatic carbocycles. The van der Waals surface area contributed by atoms with Gasteiger partial charge in [0.2, 0.25) is 11.8 Å². The van der Waals surface area contributed by atoms with E-state index in [2.05, 4.69) is 35.7 Å². The average Bonchev–Trinajstić information content (AvgIpc) is 4.05. The molecule has 4 atom stereocenters. The van der Waals surface area contributed by atoms with Crippen molar-refractivity contribution in [3.05, 3.63) is 83.2 Å². The lowest BCUT2D eigenvalue weighted by atomic mass is 9.91. The number of amides is 2. The fourth-order valence-electron chi connectivity index (χ4n) is 8.32. The third-order valence-electron chi connectivity index (χ3n) is 11.6. The summed E-state index contributed by atoms with van der Waals surface area (Å²) < 4.78 is 13.6. The number of hydrogen-bond acceptors (Lipinski definition) is 14. The number of hydrogen-bond donors (Lipinski definition) is 4. The van der Waals surface area contributed by atoms with Gasteiger partial charge in [-0.3, -0.25) is 19.2 Å². The molecule has 6 heterocycles. The van der Waals surface area contributed by atoms with E-state index in [1.165, 1.54) is 4.90 Å². The number of carbonyl (C=O) groups excluding carboxylic acids is 2. The average molecular weight is 835 g/mol. The van der Waals surface area contributed by atoms with Gasteiger partial charge in [0.1, 0.15) is 24.3 Å². The Hall–Kier alpha value is -5.91. The number of aliphatic hydroxyl groups is 1. The van der Waals surface area contributed by atoms with Crippen LogP contribution >= 0.6 is 11.3 Å². The number of thiazole rings is 1. The maximum Gasteiger partial charge on any atom is 0.254 e. The van der Waals surface area contributed by atoms with Crippen LogP contribution in [0.5, 0.6) is 11.6 Å². The quantitative estimate of drug-likeness (QED) is 0.114. The molecule has 0 unspecified atom stereocenters. The van der Waals surface area contributed by atoms with Crippen molar-refractivity contribution in [1.29, 1.82) is 0 Å². The smallest absolute Gasteiger partial charge is 0.254 e. The second kappa shape index (κ2) is 17.4. The molecule has 0 aliphatic carbocycles. The van der Waals surface area contributed by atoms with Gasteiger partial charge in [0.15, 0.2) is 17.1 Å². The molecule has 60 heavy (non-hydrogen) atoms. The fraction of sp³-hybridized carbons (Fsp3) is 0.419. The number of anilines is 1. The third-order valence-corrected chi connectivity index (χ3v) is 12.6. The molecule has 0 radical (unpaired) electrons. The number of phenolic OH excluding ortho intramolecular Hbond substituents is 1. The number of benzene rings is 2. The zero-order valence-electron chi connectivity index (χ0n) is 34.1. The van der Waals surface area contributed by atoms with Gasteiger partial charge in [0.25, 0.3) is 5.88 Å². The van der Waals surface area contributed by atoms with E-state index in [1.54, 1.807) is 35.6 Å². The normalized spacial score (nSPS) is 18.6. The number of aliphatic hydroxyl groups excluding tert-OH is 1. The Morgan fingerprint density at radius 3 is 2.55 bits per heavy atom. The summed E-state index contributed by atoms with van der Waals surface area (Å²) in [5, 5.41) is 41.5. The van der Waals surface area contributed by atoms with E-state index in [9.17, 15) is 19.8 Å². The highest BCUT2D eigenvalue weighted by atomic mass is 32.1. The first kappa shape index (κ1) is 40.9. The summed E-state index contributed by atoms with van der Waals surface area (Å²) in [6.07, 6.45) is 0.979. The number of nitrogens with one attached hydrogen (secondary N) is 1. The van der Waals surface area contributed by atoms with Crippen LogP contribution in [-0.2, 0) is 9.59 Å². The molecule has 2 aliphatic rings. The predicted molar refractivity (Wildman–Crippen MR) is 226 cm³/mol. The highest BCUT2D eigenvalue weighted by molar-refractivity contribution is 7.13. The standard InChI is InChI=1S/C43H50N10O6S/c1-24(2)38(43(57)52-22-30(54)19-34(52)42(56)46-25(3)27-9-11-28(12-10-27)40-26(4)45-23-60-40)36-21-37(50-59-36)58-18-17-51-15-13-29(14-16-51)53-33-20-32(31-7-5-6-8-35(31)55)47-48-39(33)41(44)49-53/h5-12,20-21,23-25,29-30,34,38,54-55H,13-19,22H2,1-4H3,(H2,44,49)(H,46,56)/t25-,30+,34-,38+/m0/s1. The number of nitrogen functional groups attached to an aromatic ring is 1. The Morgan fingerprint density at radius 2 is 1.83 bits per heavy atom. The first-order valence-electron chi connectivity index (χ1n) is 20.4. The number of likely N-dealkylation sites (tertiary alicyclic amines) is 2. The summed E-state index contributed by atoms with van der Waals surface area (Å²) in [7, 11) is 0. The van der Waals surface area contributed by atoms with E-state index < -0.39 is 18.1 Å². The lowest BCUT2D eigenvalue weighted by Gasteiger charge is -2.32. The van der Waals surface area contributed by atoms with Crippen molar-refractivity contribution in [3.63, 3.8) is 0 Å². The number of fused-ring (bicyclic) bond motifs is 1. The number of aromatic nitrogens is 6. The van der Waals surface area contributed by atoms with Crippen LogP contribution in [0.15, 0.2) is 70.7 Å². The topological polar surface area (TPSA) is 211 Å². The molecule has 2 fully saturated rings. The fourth-order valence-corrected chi connectivity index (χ4v) is 9.14. The number of aromatic hydroxyl groups is 1. The van der Waals surface area contributed by atoms with Crippen LogP contribution in [0.25, 0.3) is 32.7 Å². The van der Waals surface area contributed by atoms with E-state index in [-0.39, 0.29) is 54.4 Å². The van der Waals surface area contributed by atoms with Crippen molar-refractivity contribution in [2.24, 2.45) is 5.92 Å². The molecular formula is C43H50N10O6S. The molecule has 2 saturated heterocycles. The highest BCUT2D eigenvalue weighted by Crippen LogP contribution is 2.35. The second-order valence-corrected chi connectivity index (χ2v) is 16.9. The number of ether oxygens (including phenoxy) is 1. The predicted octanol–water partition coefficient (Wildman–Crippen LogP) is 5.50. The first-order chi connectivity index (χ1) is 28.9. The van der Waals surface area contributed by atoms with Gasteiger partial charge in [-0.2, -0.15) is 5.10 Å². The molecule has 2 amide bonds. The monoisotopic (exact) mass is 834 g/mol. The van der Waals surface area contributed by atoms with Crippen molar-refractivity contribution in [2.75, 3.05) is 38.5 Å². The molecule has 6 aromatic rings. The van der Waals surface area contributed by atoms with Crippen LogP contribution in [0.4, 0.5) is 5.82 Å². The highest BCUT2D eigenvalue weighted by Gasteiger charge is 2.43. The first-order valence-corrected chi connectivity index (χ1v) is 21.2. The zero-order chi connectivity index (χ0) is 42.1. The van der Waals surface area contributed by atoms with Crippen molar-refractivity contribution < 1.29 is 29.1 Å². The number of β-amino-alcohol motifs (C(OH)–C–C–N with tert-alkyl or cyclic N) is 1. The number of carbonyl (C=O) groups is 2. The van der Waals surface area contributed by atoms with Crippen molar-refractivity contribution >= 4 is 40.0 Å². The summed E-state index contributed by atoms with van der Waals surface area (Å²) in [5.41, 5.74) is 13.5. The minimum absolute atomic E-state index is 0.0446. The molecule has 4 aromatic heterocycles. The number of phenols is 1. The second-order valence-electron chi connectivity index (χ2n) is 16.0. The van der Waals surface area contributed by atoms with E-state index in [0.29, 0.717) is 41.5 Å². The lowest BCUT2D eigenvalue weighted by Crippen LogP contribution is -2.48. The molecule has 0 saturated carbocycles. The number of rotatable bonds is 13. The Kier molecular flexibility index (Phi) is 11.8. The molecule has 17 heteroatoms. The minimum Gasteiger partial charge on any atom is -0.507 e. The Labute approximate surface area is 351 Å². The summed E-state index contributed by atoms with van der Waals surface area (Å²) in [6.45, 7) is 10.4. The largest absolute Gasteiger partial charge is 0.507 e. The molecule has 16 nitrogen and oxygen atoms in total. The number of piperidine rings is 1. The lowest BCUT2D eigenvalue weighted by molar-refractivity contribution is -0.141. The number of nitrogens with two attached hydrogens (primary N) is 1. The van der Waals surface area contributed by atoms with Gasteiger partial charge in [0.05, 0.1) is 45.5 Å². The van der Waals surface area contributed by atoms with E-state index in [0.717, 1.165) is 53.1 Å². The Morgan fingerprint density at radius 1 is 1.07 bits per heavy atom. The molecule has 0 bridgehead atoms. The van der Waals surface area contributed by atoms with Gasteiger partial charge in [0, 0.05) is 44.2 Å². The van der Waals surface area contributed by atoms with Crippen molar-refractivity contribution in [2.45, 2.75) is 77.1 Å². The molecule has 5 N–H and O–H groups in total. The van der Waals surface area contributed by atoms with Gasteiger partial charge in [-0.15, -0.1) is 21.5 Å². The van der Waals surface area contributed by atoms with Crippen LogP contribution in [0, 0.1) is 12.8 Å². The van der Waals surface area contributed by atoms with Gasteiger partial charge in [-0.25, -0.2) is 4.98 Å². The summed E-state index contributed by atoms with van der Waals surface area (Å²) >= 11 is 1.59. The molecular weight excluding hydrogens is 785 g/mol. The number of para-hydroxylation sites is 1. The van der Waals surface area contributed by atoms with Gasteiger partial charge < -0.3 is 35.4 Å². The SMILES string of the molecule is Cc1ncsc1-c1ccc([C@H](C)NC(=O)[C@@H]2C[C@@H](O)CN2C(=O)[C@@H](c2cc(OCCN3CCC(n4nc(N)c5nnc(-c6ccccc6O)cc54)CC3)no2)C(C)C)cc1. The van der Waals surface area contributed by atoms with Gasteiger partial charge in [-0.1, -0.05) is 50.2 Å². The molecule has 8 rings (SSSR count). The van der Waals surface area contributed by atoms with Crippen LogP contribution in [0.3, 0.4) is 0 Å². The van der Waals surface area contributed by atoms with E-state index in [1.807, 2.05) is 74.3 Å². The Bertz CT molecular complexity index is 2460. The van der Waals surface area contributed by atoms with Gasteiger partial charge in [-0.05, 0) is 67.1 Å². The minimum atomic E-state index is -0.836. The van der Waals surface area contributed by atoms with Crippen LogP contribution < -0.4 is 15.8 Å². The van der Waals surface area contributed by atoms with Crippen molar-refractivity contribution in [3.8, 4) is 33.3 Å². The third kappa shape index (κ3) is 8.42. The number of aryl methyl sites for hydroxylation is 1. The maximum atomic E-state index is 14.2.